The first-order valence-corrected chi connectivity index (χ1v) is 6.42. The largest absolute Gasteiger partial charge is 0.495 e. The quantitative estimate of drug-likeness (QED) is 0.786. The van der Waals surface area contributed by atoms with Crippen LogP contribution in [-0.2, 0) is 7.05 Å². The highest BCUT2D eigenvalue weighted by atomic mass is 35.5. The number of nitrogens with zero attached hydrogens (tertiary/aromatic N) is 4. The van der Waals surface area contributed by atoms with Crippen molar-refractivity contribution in [2.75, 3.05) is 12.8 Å². The van der Waals surface area contributed by atoms with Crippen molar-refractivity contribution in [2.45, 2.75) is 6.92 Å². The van der Waals surface area contributed by atoms with Crippen molar-refractivity contribution in [1.82, 2.24) is 19.3 Å². The lowest BCUT2D eigenvalue weighted by atomic mass is 10.3. The van der Waals surface area contributed by atoms with Gasteiger partial charge in [-0.1, -0.05) is 11.6 Å². The maximum absolute atomic E-state index is 6.17. The minimum atomic E-state index is 0.400. The first-order chi connectivity index (χ1) is 9.52. The molecule has 2 heterocycles. The number of aromatic nitrogens is 4. The highest BCUT2D eigenvalue weighted by Gasteiger charge is 2.17. The molecule has 1 aromatic carbocycles. The molecule has 0 fully saturated rings. The fourth-order valence-electron chi connectivity index (χ4n) is 2.34. The van der Waals surface area contributed by atoms with Crippen molar-refractivity contribution < 1.29 is 4.74 Å². The van der Waals surface area contributed by atoms with Crippen LogP contribution in [0.25, 0.3) is 16.9 Å². The molecule has 2 aromatic heterocycles. The molecule has 104 valence electrons. The number of nitrogen functional groups attached to an aromatic ring is 1. The normalized spacial score (nSPS) is 11.2. The number of ether oxygens (including phenoxy) is 1. The molecule has 0 aliphatic rings. The van der Waals surface area contributed by atoms with E-state index < -0.39 is 0 Å². The second-order valence-electron chi connectivity index (χ2n) is 4.51. The van der Waals surface area contributed by atoms with Gasteiger partial charge in [-0.2, -0.15) is 5.10 Å². The number of halogens is 1. The van der Waals surface area contributed by atoms with Crippen LogP contribution < -0.4 is 10.5 Å². The van der Waals surface area contributed by atoms with Crippen LogP contribution in [0.2, 0.25) is 5.02 Å². The summed E-state index contributed by atoms with van der Waals surface area (Å²) in [5.41, 5.74) is 9.31. The topological polar surface area (TPSA) is 70.9 Å². The summed E-state index contributed by atoms with van der Waals surface area (Å²) in [4.78, 5) is 4.37. The Morgan fingerprint density at radius 1 is 1.35 bits per heavy atom. The van der Waals surface area contributed by atoms with Gasteiger partial charge in [0.05, 0.1) is 23.5 Å². The van der Waals surface area contributed by atoms with E-state index in [1.54, 1.807) is 23.9 Å². The average Bonchev–Trinajstić information content (AvgIpc) is 2.88. The highest BCUT2D eigenvalue weighted by Crippen LogP contribution is 2.30. The molecule has 3 aromatic rings. The molecule has 0 aliphatic heterocycles. The van der Waals surface area contributed by atoms with Crippen LogP contribution in [-0.4, -0.2) is 26.4 Å². The summed E-state index contributed by atoms with van der Waals surface area (Å²) in [5.74, 6) is 1.02. The van der Waals surface area contributed by atoms with Crippen molar-refractivity contribution in [2.24, 2.45) is 7.05 Å². The zero-order valence-corrected chi connectivity index (χ0v) is 12.1. The third-order valence-electron chi connectivity index (χ3n) is 3.22. The van der Waals surface area contributed by atoms with Crippen LogP contribution >= 0.6 is 11.6 Å². The van der Waals surface area contributed by atoms with E-state index in [0.717, 1.165) is 22.5 Å². The van der Waals surface area contributed by atoms with Gasteiger partial charge in [-0.25, -0.2) is 9.67 Å². The molecule has 0 aliphatic carbocycles. The van der Waals surface area contributed by atoms with Gasteiger partial charge in [-0.15, -0.1) is 0 Å². The van der Waals surface area contributed by atoms with E-state index in [1.807, 2.05) is 24.6 Å². The molecule has 0 spiro atoms. The maximum Gasteiger partial charge on any atom is 0.207 e. The molecule has 0 atom stereocenters. The van der Waals surface area contributed by atoms with Gasteiger partial charge in [0, 0.05) is 7.05 Å². The van der Waals surface area contributed by atoms with Crippen LogP contribution in [0.5, 0.6) is 5.75 Å². The number of fused-ring (bicyclic) bond motifs is 1. The van der Waals surface area contributed by atoms with Gasteiger partial charge < -0.3 is 10.5 Å². The van der Waals surface area contributed by atoms with Crippen LogP contribution in [0.3, 0.4) is 0 Å². The number of imidazole rings is 1. The standard InChI is InChI=1S/C13H14ClN5O/c1-7-11-12(18(2)17-7)19(13(15)16-11)8-4-5-10(20-3)9(14)6-8/h4-6H,1-3H3,(H2,15,16). The summed E-state index contributed by atoms with van der Waals surface area (Å²) >= 11 is 6.17. The van der Waals surface area contributed by atoms with Gasteiger partial charge in [0.25, 0.3) is 0 Å². The Hall–Kier alpha value is -2.21. The molecule has 20 heavy (non-hydrogen) atoms. The van der Waals surface area contributed by atoms with Gasteiger partial charge in [0.15, 0.2) is 5.65 Å². The monoisotopic (exact) mass is 291 g/mol. The van der Waals surface area contributed by atoms with Crippen LogP contribution in [0.1, 0.15) is 5.69 Å². The molecule has 0 bridgehead atoms. The van der Waals surface area contributed by atoms with Crippen molar-refractivity contribution in [3.05, 3.63) is 28.9 Å². The van der Waals surface area contributed by atoms with Crippen LogP contribution in [0.4, 0.5) is 5.95 Å². The number of rotatable bonds is 2. The number of hydrogen-bond acceptors (Lipinski definition) is 4. The predicted octanol–water partition coefficient (Wildman–Crippen LogP) is 2.31. The van der Waals surface area contributed by atoms with Crippen molar-refractivity contribution in [3.8, 4) is 11.4 Å². The molecule has 3 rings (SSSR count). The maximum atomic E-state index is 6.17. The Morgan fingerprint density at radius 3 is 2.75 bits per heavy atom. The molecular formula is C13H14ClN5O. The SMILES string of the molecule is COc1ccc(-n2c(N)nc3c(C)nn(C)c32)cc1Cl. The van der Waals surface area contributed by atoms with E-state index in [1.165, 1.54) is 0 Å². The van der Waals surface area contributed by atoms with Crippen molar-refractivity contribution in [1.29, 1.82) is 0 Å². The molecular weight excluding hydrogens is 278 g/mol. The second kappa shape index (κ2) is 4.42. The first-order valence-electron chi connectivity index (χ1n) is 6.04. The van der Waals surface area contributed by atoms with E-state index >= 15 is 0 Å². The predicted molar refractivity (Wildman–Crippen MR) is 78.5 cm³/mol. The van der Waals surface area contributed by atoms with Crippen molar-refractivity contribution in [3.63, 3.8) is 0 Å². The summed E-state index contributed by atoms with van der Waals surface area (Å²) in [6.45, 7) is 1.90. The number of nitrogens with two attached hydrogens (primary N) is 1. The molecule has 0 amide bonds. The third kappa shape index (κ3) is 1.72. The van der Waals surface area contributed by atoms with Crippen molar-refractivity contribution >= 4 is 28.7 Å². The summed E-state index contributed by atoms with van der Waals surface area (Å²) in [7, 11) is 3.44. The van der Waals surface area contributed by atoms with E-state index in [0.29, 0.717) is 16.7 Å². The zero-order valence-electron chi connectivity index (χ0n) is 11.4. The Kier molecular flexibility index (Phi) is 2.83. The second-order valence-corrected chi connectivity index (χ2v) is 4.91. The molecule has 0 saturated heterocycles. The molecule has 6 nitrogen and oxygen atoms in total. The number of aryl methyl sites for hydroxylation is 2. The fourth-order valence-corrected chi connectivity index (χ4v) is 2.59. The first kappa shape index (κ1) is 12.8. The van der Waals surface area contributed by atoms with Gasteiger partial charge in [-0.3, -0.25) is 4.57 Å². The van der Waals surface area contributed by atoms with Gasteiger partial charge in [0.1, 0.15) is 11.3 Å². The summed E-state index contributed by atoms with van der Waals surface area (Å²) in [6.07, 6.45) is 0. The zero-order chi connectivity index (χ0) is 14.4. The van der Waals surface area contributed by atoms with E-state index in [9.17, 15) is 0 Å². The lowest BCUT2D eigenvalue weighted by molar-refractivity contribution is 0.415. The molecule has 0 unspecified atom stereocenters. The average molecular weight is 292 g/mol. The highest BCUT2D eigenvalue weighted by molar-refractivity contribution is 6.32. The van der Waals surface area contributed by atoms with Gasteiger partial charge in [0.2, 0.25) is 5.95 Å². The Balaban J connectivity index is 2.29. The summed E-state index contributed by atoms with van der Waals surface area (Å²) in [6, 6.07) is 5.47. The number of anilines is 1. The number of benzene rings is 1. The van der Waals surface area contributed by atoms with E-state index in [2.05, 4.69) is 10.1 Å². The van der Waals surface area contributed by atoms with Gasteiger partial charge >= 0.3 is 0 Å². The summed E-state index contributed by atoms with van der Waals surface area (Å²) < 4.78 is 8.73. The number of methoxy groups -OCH3 is 1. The van der Waals surface area contributed by atoms with Crippen LogP contribution in [0.15, 0.2) is 18.2 Å². The third-order valence-corrected chi connectivity index (χ3v) is 3.52. The van der Waals surface area contributed by atoms with E-state index in [-0.39, 0.29) is 0 Å². The Bertz CT molecular complexity index is 805. The van der Waals surface area contributed by atoms with Crippen LogP contribution in [0, 0.1) is 6.92 Å². The Labute approximate surface area is 120 Å². The fraction of sp³-hybridized carbons (Fsp3) is 0.231. The molecule has 0 radical (unpaired) electrons. The van der Waals surface area contributed by atoms with E-state index in [4.69, 9.17) is 22.1 Å². The Morgan fingerprint density at radius 2 is 2.10 bits per heavy atom. The lowest BCUT2D eigenvalue weighted by Crippen LogP contribution is -2.05. The molecule has 2 N–H and O–H groups in total. The van der Waals surface area contributed by atoms with Gasteiger partial charge in [-0.05, 0) is 25.1 Å². The minimum Gasteiger partial charge on any atom is -0.495 e. The lowest BCUT2D eigenvalue weighted by Gasteiger charge is -2.09. The molecule has 7 heteroatoms. The number of hydrogen-bond donors (Lipinski definition) is 1. The molecule has 0 saturated carbocycles. The minimum absolute atomic E-state index is 0.400. The summed E-state index contributed by atoms with van der Waals surface area (Å²) in [5, 5.41) is 4.87. The smallest absolute Gasteiger partial charge is 0.207 e.